The van der Waals surface area contributed by atoms with Crippen molar-refractivity contribution in [2.24, 2.45) is 0 Å². The van der Waals surface area contributed by atoms with E-state index in [9.17, 15) is 9.59 Å². The maximum absolute atomic E-state index is 10.0. The molecule has 2 nitrogen and oxygen atoms in total. The molecule has 0 aliphatic carbocycles. The van der Waals surface area contributed by atoms with Gasteiger partial charge in [-0.2, -0.15) is 0 Å². The molecule has 0 aliphatic heterocycles. The molecule has 0 bridgehead atoms. The SMILES string of the molecule is CC(=O)CC(C)=O.[Br-].[Br-].[Br-].[Br-].[Hf+4]. The number of rotatable bonds is 2. The van der Waals surface area contributed by atoms with E-state index in [1.807, 2.05) is 0 Å². The third-order valence-electron chi connectivity index (χ3n) is 0.498. The quantitative estimate of drug-likeness (QED) is 0.234. The first-order valence-electron chi connectivity index (χ1n) is 2.12. The summed E-state index contributed by atoms with van der Waals surface area (Å²) in [6.45, 7) is 2.81. The Morgan fingerprint density at radius 1 is 0.833 bits per heavy atom. The number of carbonyl (C=O) groups excluding carboxylic acids is 2. The van der Waals surface area contributed by atoms with Crippen molar-refractivity contribution < 1.29 is 103 Å². The maximum Gasteiger partial charge on any atom is 4.00 e. The van der Waals surface area contributed by atoms with E-state index in [1.54, 1.807) is 0 Å². The normalized spacial score (nSPS) is 4.83. The van der Waals surface area contributed by atoms with E-state index in [4.69, 9.17) is 0 Å². The molecule has 0 aromatic carbocycles. The minimum absolute atomic E-state index is 0. The third kappa shape index (κ3) is 40.0. The van der Waals surface area contributed by atoms with Crippen LogP contribution < -0.4 is 67.9 Å². The molecule has 0 saturated carbocycles. The number of hydrogen-bond donors (Lipinski definition) is 0. The number of carbonyl (C=O) groups is 2. The largest absolute Gasteiger partial charge is 4.00 e. The number of hydrogen-bond acceptors (Lipinski definition) is 2. The van der Waals surface area contributed by atoms with Gasteiger partial charge in [-0.3, -0.25) is 9.59 Å². The van der Waals surface area contributed by atoms with Gasteiger partial charge in [-0.05, 0) is 13.8 Å². The topological polar surface area (TPSA) is 34.1 Å². The van der Waals surface area contributed by atoms with Crippen LogP contribution in [0.2, 0.25) is 0 Å². The van der Waals surface area contributed by atoms with Crippen LogP contribution in [0.1, 0.15) is 20.3 Å². The second-order valence-corrected chi connectivity index (χ2v) is 1.58. The Kier molecular flexibility index (Phi) is 71.2. The Morgan fingerprint density at radius 3 is 1.00 bits per heavy atom. The van der Waals surface area contributed by atoms with Gasteiger partial charge in [-0.1, -0.05) is 0 Å². The van der Waals surface area contributed by atoms with Crippen molar-refractivity contribution in [2.75, 3.05) is 0 Å². The van der Waals surface area contributed by atoms with Gasteiger partial charge >= 0.3 is 25.8 Å². The van der Waals surface area contributed by atoms with E-state index in [2.05, 4.69) is 0 Å². The average molecular weight is 598 g/mol. The van der Waals surface area contributed by atoms with Crippen LogP contribution in [0.5, 0.6) is 0 Å². The van der Waals surface area contributed by atoms with Gasteiger partial charge in [0.05, 0.1) is 6.42 Å². The maximum atomic E-state index is 10.0. The molecule has 0 aromatic rings. The Balaban J connectivity index is -0.0000000180. The monoisotopic (exact) mass is 596 g/mol. The first-order valence-corrected chi connectivity index (χ1v) is 2.12. The van der Waals surface area contributed by atoms with Crippen LogP contribution in [0, 0.1) is 0 Å². The van der Waals surface area contributed by atoms with E-state index in [0.29, 0.717) is 0 Å². The molecule has 0 spiro atoms. The summed E-state index contributed by atoms with van der Waals surface area (Å²) in [7, 11) is 0. The molecule has 12 heavy (non-hydrogen) atoms. The molecule has 0 fully saturated rings. The Labute approximate surface area is 133 Å². The van der Waals surface area contributed by atoms with Gasteiger partial charge in [0.2, 0.25) is 0 Å². The van der Waals surface area contributed by atoms with E-state index in [0.717, 1.165) is 0 Å². The van der Waals surface area contributed by atoms with Crippen molar-refractivity contribution in [1.82, 2.24) is 0 Å². The minimum Gasteiger partial charge on any atom is -1.00 e. The summed E-state index contributed by atoms with van der Waals surface area (Å²) in [5, 5.41) is 0. The molecule has 0 aromatic heterocycles. The summed E-state index contributed by atoms with van der Waals surface area (Å²) >= 11 is 0. The third-order valence-corrected chi connectivity index (χ3v) is 0.498. The van der Waals surface area contributed by atoms with Gasteiger partial charge < -0.3 is 67.9 Å². The van der Waals surface area contributed by atoms with Crippen molar-refractivity contribution in [1.29, 1.82) is 0 Å². The standard InChI is InChI=1S/C5H8O2.4BrH.Hf/c1-4(6)3-5(2)7;;;;;/h3H2,1-2H3;4*1H;/q;;;;;+4/p-4. The molecule has 0 saturated heterocycles. The summed E-state index contributed by atoms with van der Waals surface area (Å²) in [4.78, 5) is 20.1. The Hall–Kier alpha value is 2.13. The number of halogens is 4. The van der Waals surface area contributed by atoms with Gasteiger partial charge in [0, 0.05) is 0 Å². The van der Waals surface area contributed by atoms with Gasteiger partial charge in [-0.25, -0.2) is 0 Å². The first-order chi connectivity index (χ1) is 3.13. The second kappa shape index (κ2) is 23.2. The molecule has 0 heterocycles. The summed E-state index contributed by atoms with van der Waals surface area (Å²) in [6, 6.07) is 0. The summed E-state index contributed by atoms with van der Waals surface area (Å²) in [5.41, 5.74) is 0. The zero-order chi connectivity index (χ0) is 5.86. The van der Waals surface area contributed by atoms with Crippen LogP contribution >= 0.6 is 0 Å². The van der Waals surface area contributed by atoms with E-state index in [-0.39, 0.29) is 112 Å². The van der Waals surface area contributed by atoms with E-state index >= 15 is 0 Å². The molecule has 0 radical (unpaired) electrons. The molecule has 0 rings (SSSR count). The molecular weight excluding hydrogens is 590 g/mol. The van der Waals surface area contributed by atoms with Crippen molar-refractivity contribution >= 4 is 11.6 Å². The van der Waals surface area contributed by atoms with E-state index in [1.165, 1.54) is 13.8 Å². The summed E-state index contributed by atoms with van der Waals surface area (Å²) in [5.74, 6) is -0.125. The second-order valence-electron chi connectivity index (χ2n) is 1.58. The van der Waals surface area contributed by atoms with Gasteiger partial charge in [0.15, 0.2) is 0 Å². The number of ketones is 2. The van der Waals surface area contributed by atoms with Crippen molar-refractivity contribution in [2.45, 2.75) is 20.3 Å². The molecule has 72 valence electrons. The van der Waals surface area contributed by atoms with Crippen molar-refractivity contribution in [3.8, 4) is 0 Å². The van der Waals surface area contributed by atoms with Crippen LogP contribution in [0.3, 0.4) is 0 Å². The molecular formula is C5H8Br4HfO2. The van der Waals surface area contributed by atoms with Gasteiger partial charge in [0.25, 0.3) is 0 Å². The fourth-order valence-corrected chi connectivity index (χ4v) is 0.351. The average Bonchev–Trinajstić information content (AvgIpc) is 1.27. The minimum atomic E-state index is -0.0625. The van der Waals surface area contributed by atoms with Crippen LogP contribution in [0.15, 0.2) is 0 Å². The smallest absolute Gasteiger partial charge is 1.00 e. The van der Waals surface area contributed by atoms with Crippen molar-refractivity contribution in [3.63, 3.8) is 0 Å². The zero-order valence-corrected chi connectivity index (χ0v) is 16.5. The molecule has 0 atom stereocenters. The number of Topliss-reactive ketones (excluding diaryl/α,β-unsaturated/α-hetero) is 2. The van der Waals surface area contributed by atoms with Gasteiger partial charge in [-0.15, -0.1) is 0 Å². The molecule has 0 unspecified atom stereocenters. The predicted octanol–water partition coefficient (Wildman–Crippen LogP) is -11.4. The van der Waals surface area contributed by atoms with Crippen molar-refractivity contribution in [3.05, 3.63) is 0 Å². The van der Waals surface area contributed by atoms with Gasteiger partial charge in [0.1, 0.15) is 11.6 Å². The predicted molar refractivity (Wildman–Crippen MR) is 26.0 cm³/mol. The fourth-order valence-electron chi connectivity index (χ4n) is 0.351. The molecule has 0 aliphatic rings. The Bertz CT molecular complexity index is 97.6. The molecule has 7 heteroatoms. The fraction of sp³-hybridized carbons (Fsp3) is 0.600. The van der Waals surface area contributed by atoms with Crippen LogP contribution in [0.25, 0.3) is 0 Å². The summed E-state index contributed by atoms with van der Waals surface area (Å²) < 4.78 is 0. The van der Waals surface area contributed by atoms with Crippen LogP contribution in [-0.4, -0.2) is 11.6 Å². The van der Waals surface area contributed by atoms with E-state index < -0.39 is 0 Å². The zero-order valence-electron chi connectivity index (χ0n) is 6.54. The van der Waals surface area contributed by atoms with Crippen LogP contribution in [0.4, 0.5) is 0 Å². The Morgan fingerprint density at radius 2 is 1.00 bits per heavy atom. The molecule has 0 amide bonds. The van der Waals surface area contributed by atoms with Crippen LogP contribution in [-0.2, 0) is 35.4 Å². The molecule has 0 N–H and O–H groups in total. The first kappa shape index (κ1) is 36.9. The summed E-state index contributed by atoms with van der Waals surface area (Å²) in [6.07, 6.45) is 0.0833.